The number of nitrogens with one attached hydrogen (secondary N) is 1. The Morgan fingerprint density at radius 2 is 1.57 bits per heavy atom. The topological polar surface area (TPSA) is 71.3 Å². The highest BCUT2D eigenvalue weighted by Gasteiger charge is 2.28. The average molecular weight is 467 g/mol. The predicted molar refractivity (Wildman–Crippen MR) is 135 cm³/mol. The summed E-state index contributed by atoms with van der Waals surface area (Å²) in [5.41, 5.74) is 4.33. The van der Waals surface area contributed by atoms with E-state index in [1.54, 1.807) is 0 Å². The number of rotatable bonds is 7. The van der Waals surface area contributed by atoms with Gasteiger partial charge in [0, 0.05) is 11.5 Å². The van der Waals surface area contributed by atoms with Gasteiger partial charge in [0.1, 0.15) is 0 Å². The van der Waals surface area contributed by atoms with E-state index in [0.29, 0.717) is 18.3 Å². The van der Waals surface area contributed by atoms with Crippen LogP contribution < -0.4 is 5.32 Å². The molecule has 5 rings (SSSR count). The van der Waals surface area contributed by atoms with Crippen molar-refractivity contribution in [2.24, 2.45) is 5.92 Å². The van der Waals surface area contributed by atoms with Gasteiger partial charge in [0.15, 0.2) is 0 Å². The average Bonchev–Trinajstić information content (AvgIpc) is 3.38. The molecule has 0 spiro atoms. The summed E-state index contributed by atoms with van der Waals surface area (Å²) in [4.78, 5) is 20.1. The predicted octanol–water partition coefficient (Wildman–Crippen LogP) is 5.16. The Morgan fingerprint density at radius 3 is 2.26 bits per heavy atom. The molecule has 1 N–H and O–H groups in total. The molecule has 0 bridgehead atoms. The van der Waals surface area contributed by atoms with Crippen molar-refractivity contribution in [3.8, 4) is 11.4 Å². The molecule has 4 aromatic rings. The molecule has 1 saturated heterocycles. The molecule has 0 aliphatic carbocycles. The molecule has 1 aliphatic rings. The first-order valence-electron chi connectivity index (χ1n) is 12.2. The van der Waals surface area contributed by atoms with E-state index >= 15 is 0 Å². The van der Waals surface area contributed by atoms with Gasteiger partial charge in [0.25, 0.3) is 0 Å². The molecule has 1 atom stereocenters. The minimum Gasteiger partial charge on any atom is -0.345 e. The van der Waals surface area contributed by atoms with Crippen LogP contribution in [-0.2, 0) is 11.3 Å². The highest BCUT2D eigenvalue weighted by Crippen LogP contribution is 2.26. The number of nitrogens with zero attached hydrogens (tertiary/aromatic N) is 3. The fourth-order valence-electron chi connectivity index (χ4n) is 4.59. The van der Waals surface area contributed by atoms with Gasteiger partial charge in [-0.05, 0) is 44.0 Å². The van der Waals surface area contributed by atoms with Crippen LogP contribution in [0.3, 0.4) is 0 Å². The van der Waals surface area contributed by atoms with Crippen molar-refractivity contribution >= 4 is 5.91 Å². The van der Waals surface area contributed by atoms with Crippen molar-refractivity contribution in [2.75, 3.05) is 13.1 Å². The van der Waals surface area contributed by atoms with Gasteiger partial charge in [-0.2, -0.15) is 4.98 Å². The van der Waals surface area contributed by atoms with Crippen molar-refractivity contribution in [1.82, 2.24) is 20.4 Å². The largest absolute Gasteiger partial charge is 0.345 e. The van der Waals surface area contributed by atoms with Crippen LogP contribution in [0.4, 0.5) is 0 Å². The van der Waals surface area contributed by atoms with Gasteiger partial charge in [-0.1, -0.05) is 95.6 Å². The lowest BCUT2D eigenvalue weighted by molar-refractivity contribution is -0.127. The van der Waals surface area contributed by atoms with Gasteiger partial charge < -0.3 is 9.84 Å². The lowest BCUT2D eigenvalue weighted by Gasteiger charge is -2.31. The highest BCUT2D eigenvalue weighted by molar-refractivity contribution is 5.79. The van der Waals surface area contributed by atoms with E-state index in [-0.39, 0.29) is 17.9 Å². The first-order chi connectivity index (χ1) is 17.2. The zero-order valence-electron chi connectivity index (χ0n) is 19.9. The summed E-state index contributed by atoms with van der Waals surface area (Å²) in [6.07, 6.45) is 1.61. The van der Waals surface area contributed by atoms with E-state index in [1.807, 2.05) is 48.5 Å². The second-order valence-electron chi connectivity index (χ2n) is 9.19. The summed E-state index contributed by atoms with van der Waals surface area (Å²) in [6, 6.07) is 28.2. The fraction of sp³-hybridized carbons (Fsp3) is 0.276. The normalized spacial score (nSPS) is 15.6. The number of hydrogen-bond donors (Lipinski definition) is 1. The summed E-state index contributed by atoms with van der Waals surface area (Å²) < 4.78 is 5.47. The van der Waals surface area contributed by atoms with Gasteiger partial charge >= 0.3 is 0 Å². The van der Waals surface area contributed by atoms with E-state index < -0.39 is 0 Å². The van der Waals surface area contributed by atoms with E-state index in [9.17, 15) is 4.79 Å². The van der Waals surface area contributed by atoms with Gasteiger partial charge in [0.05, 0.1) is 12.6 Å². The van der Waals surface area contributed by atoms with Gasteiger partial charge in [-0.3, -0.25) is 9.69 Å². The van der Waals surface area contributed by atoms with Crippen molar-refractivity contribution in [3.63, 3.8) is 0 Å². The molecule has 1 aliphatic heterocycles. The Morgan fingerprint density at radius 1 is 0.943 bits per heavy atom. The van der Waals surface area contributed by atoms with E-state index in [2.05, 4.69) is 63.7 Å². The van der Waals surface area contributed by atoms with E-state index in [4.69, 9.17) is 4.52 Å². The Hall–Kier alpha value is -3.77. The first kappa shape index (κ1) is 23.0. The maximum Gasteiger partial charge on any atom is 0.241 e. The number of amides is 1. The van der Waals surface area contributed by atoms with Gasteiger partial charge in [-0.15, -0.1) is 0 Å². The van der Waals surface area contributed by atoms with Gasteiger partial charge in [-0.25, -0.2) is 0 Å². The molecular formula is C29H30N4O2. The summed E-state index contributed by atoms with van der Waals surface area (Å²) in [5.74, 6) is 1.32. The number of benzene rings is 3. The van der Waals surface area contributed by atoms with Crippen LogP contribution in [0.15, 0.2) is 89.5 Å². The third-order valence-electron chi connectivity index (χ3n) is 6.65. The smallest absolute Gasteiger partial charge is 0.241 e. The zero-order chi connectivity index (χ0) is 24.0. The Balaban J connectivity index is 1.19. The van der Waals surface area contributed by atoms with Crippen molar-refractivity contribution in [3.05, 3.63) is 108 Å². The van der Waals surface area contributed by atoms with Gasteiger partial charge in [0.2, 0.25) is 17.6 Å². The van der Waals surface area contributed by atoms with Crippen LogP contribution in [0.1, 0.15) is 41.5 Å². The summed E-state index contributed by atoms with van der Waals surface area (Å²) in [6.45, 7) is 4.32. The quantitative estimate of drug-likeness (QED) is 0.407. The molecule has 3 aromatic carbocycles. The van der Waals surface area contributed by atoms with Crippen LogP contribution in [0, 0.1) is 12.8 Å². The molecule has 1 unspecified atom stereocenters. The number of hydrogen-bond acceptors (Lipinski definition) is 5. The maximum absolute atomic E-state index is 13.3. The number of carbonyl (C=O) groups excluding carboxylic acids is 1. The molecule has 35 heavy (non-hydrogen) atoms. The third-order valence-corrected chi connectivity index (χ3v) is 6.65. The summed E-state index contributed by atoms with van der Waals surface area (Å²) >= 11 is 0. The zero-order valence-corrected chi connectivity index (χ0v) is 19.9. The maximum atomic E-state index is 13.3. The molecule has 6 nitrogen and oxygen atoms in total. The lowest BCUT2D eigenvalue weighted by Crippen LogP contribution is -2.41. The van der Waals surface area contributed by atoms with Crippen molar-refractivity contribution in [2.45, 2.75) is 32.4 Å². The van der Waals surface area contributed by atoms with Crippen molar-refractivity contribution in [1.29, 1.82) is 0 Å². The molecule has 1 amide bonds. The van der Waals surface area contributed by atoms with Crippen LogP contribution >= 0.6 is 0 Å². The molecular weight excluding hydrogens is 436 g/mol. The van der Waals surface area contributed by atoms with Crippen LogP contribution in [0.2, 0.25) is 0 Å². The second-order valence-corrected chi connectivity index (χ2v) is 9.19. The number of aromatic nitrogens is 2. The Labute approximate surface area is 206 Å². The summed E-state index contributed by atoms with van der Waals surface area (Å²) in [5, 5.41) is 7.44. The fourth-order valence-corrected chi connectivity index (χ4v) is 4.59. The van der Waals surface area contributed by atoms with Crippen LogP contribution in [0.5, 0.6) is 0 Å². The molecule has 0 saturated carbocycles. The number of carbonyl (C=O) groups is 1. The molecule has 6 heteroatoms. The van der Waals surface area contributed by atoms with E-state index in [0.717, 1.165) is 42.6 Å². The van der Waals surface area contributed by atoms with E-state index in [1.165, 1.54) is 5.56 Å². The lowest BCUT2D eigenvalue weighted by atomic mass is 9.93. The Bertz CT molecular complexity index is 1230. The second kappa shape index (κ2) is 10.7. The standard InChI is InChI=1S/C29H30N4O2/c1-21-12-14-23(15-13-21)27(22-8-4-2-5-9-22)31-29(34)25-16-18-33(19-17-25)20-26-30-28(32-35-26)24-10-6-3-7-11-24/h2-15,25,27H,16-20H2,1H3,(H,31,34). The molecule has 1 fully saturated rings. The molecule has 178 valence electrons. The third kappa shape index (κ3) is 5.66. The number of aryl methyl sites for hydroxylation is 1. The van der Waals surface area contributed by atoms with Crippen molar-refractivity contribution < 1.29 is 9.32 Å². The monoisotopic (exact) mass is 466 g/mol. The SMILES string of the molecule is Cc1ccc(C(NC(=O)C2CCN(Cc3nc(-c4ccccc4)no3)CC2)c2ccccc2)cc1. The number of piperidine rings is 1. The minimum atomic E-state index is -0.155. The highest BCUT2D eigenvalue weighted by atomic mass is 16.5. The molecule has 1 aromatic heterocycles. The number of likely N-dealkylation sites (tertiary alicyclic amines) is 1. The Kier molecular flexibility index (Phi) is 7.00. The van der Waals surface area contributed by atoms with Crippen LogP contribution in [0.25, 0.3) is 11.4 Å². The minimum absolute atomic E-state index is 0.00882. The van der Waals surface area contributed by atoms with Crippen LogP contribution in [-0.4, -0.2) is 34.0 Å². The summed E-state index contributed by atoms with van der Waals surface area (Å²) in [7, 11) is 0. The molecule has 2 heterocycles. The molecule has 0 radical (unpaired) electrons. The first-order valence-corrected chi connectivity index (χ1v) is 12.2.